The van der Waals surface area contributed by atoms with Crippen molar-refractivity contribution >= 4 is 57.2 Å². The summed E-state index contributed by atoms with van der Waals surface area (Å²) < 4.78 is 0. The average Bonchev–Trinajstić information content (AvgIpc) is 3.41. The highest BCUT2D eigenvalue weighted by molar-refractivity contribution is 7.00. The highest BCUT2D eigenvalue weighted by Crippen LogP contribution is 2.75. The van der Waals surface area contributed by atoms with E-state index in [0.29, 0.717) is 0 Å². The van der Waals surface area contributed by atoms with Crippen LogP contribution in [0.5, 0.6) is 0 Å². The Morgan fingerprint density at radius 3 is 1.36 bits per heavy atom. The third kappa shape index (κ3) is 7.45. The van der Waals surface area contributed by atoms with Crippen LogP contribution in [0, 0.1) is 41.4 Å². The normalized spacial score (nSPS) is 27.9. The van der Waals surface area contributed by atoms with E-state index in [1.165, 1.54) is 146 Å². The first-order valence-corrected chi connectivity index (χ1v) is 30.6. The SMILES string of the molecule is CC(C)(C)c1ccc(N2c3ccc(C(C)(C)C)cc3B3c4cc(C(C)(C)C)ccc4N(c4ccc(C(C)(C)C)cc4-c4ccc5c(c4)C(C)(C)CCC5(C)C)c4cc(C56CC7C8CC9CC7C(C5)C(C9)C8C6)cc2c43)cc1. The molecule has 0 unspecified atom stereocenters. The van der Waals surface area contributed by atoms with Crippen LogP contribution in [0.25, 0.3) is 11.1 Å². The first-order chi connectivity index (χ1) is 36.1. The lowest BCUT2D eigenvalue weighted by molar-refractivity contribution is -0.212. The van der Waals surface area contributed by atoms with Gasteiger partial charge in [0, 0.05) is 34.0 Å². The Morgan fingerprint density at radius 1 is 0.416 bits per heavy atom. The molecule has 0 aromatic heterocycles. The van der Waals surface area contributed by atoms with Gasteiger partial charge in [0.15, 0.2) is 0 Å². The van der Waals surface area contributed by atoms with Gasteiger partial charge in [-0.1, -0.05) is 171 Å². The van der Waals surface area contributed by atoms with Crippen molar-refractivity contribution < 1.29 is 0 Å². The highest BCUT2D eigenvalue weighted by Gasteiger charge is 2.68. The van der Waals surface area contributed by atoms with Gasteiger partial charge < -0.3 is 9.80 Å². The van der Waals surface area contributed by atoms with Gasteiger partial charge in [-0.25, -0.2) is 0 Å². The molecule has 16 rings (SSSR count). The minimum Gasteiger partial charge on any atom is -0.311 e. The van der Waals surface area contributed by atoms with Crippen LogP contribution in [0.2, 0.25) is 0 Å². The fraction of sp³-hybridized carbons (Fsp3) is 0.514. The van der Waals surface area contributed by atoms with E-state index in [0.717, 1.165) is 41.4 Å². The van der Waals surface area contributed by atoms with Gasteiger partial charge in [0.05, 0.1) is 5.69 Å². The molecule has 0 radical (unpaired) electrons. The molecule has 6 aromatic carbocycles. The van der Waals surface area contributed by atoms with Crippen molar-refractivity contribution in [1.29, 1.82) is 0 Å². The maximum Gasteiger partial charge on any atom is 0.252 e. The first-order valence-electron chi connectivity index (χ1n) is 30.6. The van der Waals surface area contributed by atoms with Crippen LogP contribution in [0.1, 0.15) is 201 Å². The van der Waals surface area contributed by atoms with Crippen LogP contribution < -0.4 is 26.2 Å². The summed E-state index contributed by atoms with van der Waals surface area (Å²) >= 11 is 0. The summed E-state index contributed by atoms with van der Waals surface area (Å²) in [6.45, 7) is 38.6. The number of fused-ring (bicyclic) bond motifs is 5. The molecule has 2 nitrogen and oxygen atoms in total. The van der Waals surface area contributed by atoms with E-state index in [1.54, 1.807) is 5.56 Å². The van der Waals surface area contributed by atoms with E-state index in [9.17, 15) is 0 Å². The summed E-state index contributed by atoms with van der Waals surface area (Å²) in [5.74, 6) is 6.55. The van der Waals surface area contributed by atoms with E-state index >= 15 is 0 Å². The smallest absolute Gasteiger partial charge is 0.252 e. The van der Waals surface area contributed by atoms with Crippen LogP contribution in [-0.4, -0.2) is 6.71 Å². The molecule has 10 aliphatic rings. The largest absolute Gasteiger partial charge is 0.311 e. The van der Waals surface area contributed by atoms with E-state index in [-0.39, 0.29) is 44.6 Å². The van der Waals surface area contributed by atoms with Crippen molar-refractivity contribution in [2.75, 3.05) is 9.80 Å². The van der Waals surface area contributed by atoms with Crippen molar-refractivity contribution in [3.05, 3.63) is 148 Å². The van der Waals surface area contributed by atoms with Crippen molar-refractivity contribution in [1.82, 2.24) is 0 Å². The van der Waals surface area contributed by atoms with E-state index < -0.39 is 0 Å². The zero-order valence-electron chi connectivity index (χ0n) is 50.1. The van der Waals surface area contributed by atoms with E-state index in [4.69, 9.17) is 0 Å². The first kappa shape index (κ1) is 50.2. The monoisotopic (exact) mass is 1020 g/mol. The molecule has 0 spiro atoms. The molecular weight excluding hydrogens is 928 g/mol. The van der Waals surface area contributed by atoms with E-state index in [2.05, 4.69) is 230 Å². The number of nitrogens with zero attached hydrogens (tertiary/aromatic N) is 2. The average molecular weight is 1020 g/mol. The lowest BCUT2D eigenvalue weighted by Gasteiger charge is -2.72. The molecule has 7 fully saturated rings. The second-order valence-corrected chi connectivity index (χ2v) is 32.3. The minimum absolute atomic E-state index is 0.0163. The molecule has 8 bridgehead atoms. The number of anilines is 6. The minimum atomic E-state index is -0.0289. The predicted octanol–water partition coefficient (Wildman–Crippen LogP) is 17.9. The maximum atomic E-state index is 2.83. The van der Waals surface area contributed by atoms with Crippen LogP contribution in [0.3, 0.4) is 0 Å². The van der Waals surface area contributed by atoms with Crippen LogP contribution in [-0.2, 0) is 37.9 Å². The molecule has 2 heterocycles. The summed E-state index contributed by atoms with van der Waals surface area (Å²) in [5, 5.41) is 0. The molecule has 0 saturated heterocycles. The number of hydrogen-bond acceptors (Lipinski definition) is 2. The fourth-order valence-corrected chi connectivity index (χ4v) is 18.3. The Balaban J connectivity index is 1.09. The Labute approximate surface area is 465 Å². The molecule has 2 aliphatic heterocycles. The van der Waals surface area contributed by atoms with Crippen molar-refractivity contribution in [3.8, 4) is 11.1 Å². The summed E-state index contributed by atoms with van der Waals surface area (Å²) in [6.07, 6.45) is 11.1. The van der Waals surface area contributed by atoms with Crippen molar-refractivity contribution in [2.24, 2.45) is 41.4 Å². The van der Waals surface area contributed by atoms with Crippen molar-refractivity contribution in [2.45, 2.75) is 200 Å². The molecule has 398 valence electrons. The zero-order chi connectivity index (χ0) is 54.1. The maximum absolute atomic E-state index is 2.83. The standard InChI is InChI=1S/C74H89BN2/c1-68(2,3)45-18-23-50(24-19-45)76-63-27-21-47(70(7,8)9)36-60(63)75-61-37-48(71(10,11)12)22-28-64(61)77(62-26-20-46(69(4,5)6)35-51(62)44-17-25-58-59(34-44)73(15,16)30-29-72(58,13)14)66-39-49(38-65(76)67(66)75)74-40-55-52-31-43-32-53(55)57(42-74)54(33-43)56(52)41-74/h17-28,34-39,43,52-57H,29-33,40-42H2,1-16H3. The number of rotatable bonds is 4. The molecule has 0 N–H and O–H groups in total. The summed E-state index contributed by atoms with van der Waals surface area (Å²) in [4.78, 5) is 5.56. The fourth-order valence-electron chi connectivity index (χ4n) is 18.3. The van der Waals surface area contributed by atoms with Gasteiger partial charge in [-0.05, 0) is 240 Å². The molecule has 3 heteroatoms. The third-order valence-electron chi connectivity index (χ3n) is 22.7. The molecule has 77 heavy (non-hydrogen) atoms. The Bertz CT molecular complexity index is 3370. The van der Waals surface area contributed by atoms with Crippen LogP contribution in [0.4, 0.5) is 34.1 Å². The molecule has 8 aliphatic carbocycles. The molecular formula is C74H89BN2. The Kier molecular flexibility index (Phi) is 10.5. The topological polar surface area (TPSA) is 6.48 Å². The van der Waals surface area contributed by atoms with E-state index in [1.807, 2.05) is 0 Å². The van der Waals surface area contributed by atoms with Gasteiger partial charge in [-0.2, -0.15) is 0 Å². The third-order valence-corrected chi connectivity index (χ3v) is 22.7. The van der Waals surface area contributed by atoms with Gasteiger partial charge in [-0.3, -0.25) is 0 Å². The molecule has 6 aromatic rings. The lowest BCUT2D eigenvalue weighted by Crippen LogP contribution is -2.66. The second-order valence-electron chi connectivity index (χ2n) is 32.3. The zero-order valence-corrected chi connectivity index (χ0v) is 50.1. The molecule has 0 atom stereocenters. The second kappa shape index (κ2) is 16.1. The van der Waals surface area contributed by atoms with Crippen LogP contribution in [0.15, 0.2) is 109 Å². The van der Waals surface area contributed by atoms with Crippen molar-refractivity contribution in [3.63, 3.8) is 0 Å². The molecule has 7 saturated carbocycles. The predicted molar refractivity (Wildman–Crippen MR) is 330 cm³/mol. The summed E-state index contributed by atoms with van der Waals surface area (Å²) in [5.41, 5.74) is 25.6. The Hall–Kier alpha value is -5.02. The highest BCUT2D eigenvalue weighted by atomic mass is 15.2. The summed E-state index contributed by atoms with van der Waals surface area (Å²) in [7, 11) is 0. The van der Waals surface area contributed by atoms with Gasteiger partial charge in [0.2, 0.25) is 0 Å². The lowest BCUT2D eigenvalue weighted by atomic mass is 9.31. The molecule has 0 amide bonds. The number of hydrogen-bond donors (Lipinski definition) is 0. The van der Waals surface area contributed by atoms with Gasteiger partial charge in [0.25, 0.3) is 6.71 Å². The Morgan fingerprint density at radius 2 is 0.857 bits per heavy atom. The summed E-state index contributed by atoms with van der Waals surface area (Å²) in [6, 6.07) is 46.0. The van der Waals surface area contributed by atoms with Gasteiger partial charge in [-0.15, -0.1) is 0 Å². The quantitative estimate of drug-likeness (QED) is 0.162. The van der Waals surface area contributed by atoms with Gasteiger partial charge in [0.1, 0.15) is 0 Å². The van der Waals surface area contributed by atoms with Crippen LogP contribution >= 0.6 is 0 Å². The number of benzene rings is 6. The van der Waals surface area contributed by atoms with Gasteiger partial charge >= 0.3 is 0 Å².